The van der Waals surface area contributed by atoms with Gasteiger partial charge in [-0.05, 0) is 33.5 Å². The predicted molar refractivity (Wildman–Crippen MR) is 34.8 cm³/mol. The molecule has 10 heavy (non-hydrogen) atoms. The molecule has 0 aromatic carbocycles. The topological polar surface area (TPSA) is 12.9 Å². The van der Waals surface area contributed by atoms with Crippen LogP contribution in [0.25, 0.3) is 0 Å². The van der Waals surface area contributed by atoms with E-state index in [-0.39, 0.29) is 4.60 Å². The van der Waals surface area contributed by atoms with E-state index < -0.39 is 11.1 Å². The van der Waals surface area contributed by atoms with Crippen LogP contribution in [0.4, 0.5) is 13.2 Å². The van der Waals surface area contributed by atoms with Gasteiger partial charge in [0.25, 0.3) is 0 Å². The second kappa shape index (κ2) is 2.50. The Balaban J connectivity index is 2.96. The van der Waals surface area contributed by atoms with Crippen LogP contribution in [0.3, 0.4) is 0 Å². The predicted octanol–water partition coefficient (Wildman–Crippen LogP) is 2.92. The van der Waals surface area contributed by atoms with Gasteiger partial charge in [-0.2, -0.15) is 17.5 Å². The van der Waals surface area contributed by atoms with E-state index in [1.54, 1.807) is 0 Å². The largest absolute Gasteiger partial charge is 0.427 e. The summed E-state index contributed by atoms with van der Waals surface area (Å²) < 4.78 is 38.9. The van der Waals surface area contributed by atoms with Crippen molar-refractivity contribution in [3.8, 4) is 0 Å². The molecule has 0 N–H and O–H groups in total. The van der Waals surface area contributed by atoms with Crippen molar-refractivity contribution in [3.05, 3.63) is 15.5 Å². The van der Waals surface area contributed by atoms with E-state index in [0.717, 1.165) is 6.07 Å². The van der Waals surface area contributed by atoms with Gasteiger partial charge >= 0.3 is 6.18 Å². The summed E-state index contributed by atoms with van der Waals surface area (Å²) >= 11 is 3.26. The molecule has 0 saturated heterocycles. The Morgan fingerprint density at radius 2 is 2.10 bits per heavy atom. The highest BCUT2D eigenvalue weighted by Crippen LogP contribution is 2.33. The third kappa shape index (κ3) is 1.69. The van der Waals surface area contributed by atoms with Crippen molar-refractivity contribution >= 4 is 27.5 Å². The molecule has 0 aliphatic carbocycles. The highest BCUT2D eigenvalue weighted by molar-refractivity contribution is 9.10. The fourth-order valence-corrected chi connectivity index (χ4v) is 1.49. The van der Waals surface area contributed by atoms with Crippen molar-refractivity contribution in [1.29, 1.82) is 0 Å². The van der Waals surface area contributed by atoms with Crippen LogP contribution >= 0.6 is 27.5 Å². The molecule has 1 rings (SSSR count). The minimum absolute atomic E-state index is 0.227. The maximum absolute atomic E-state index is 11.8. The molecule has 0 radical (unpaired) electrons. The molecule has 0 aliphatic heterocycles. The molecule has 0 unspecified atom stereocenters. The van der Waals surface area contributed by atoms with Crippen LogP contribution < -0.4 is 0 Å². The van der Waals surface area contributed by atoms with Gasteiger partial charge in [-0.25, -0.2) is 0 Å². The van der Waals surface area contributed by atoms with Gasteiger partial charge < -0.3 is 0 Å². The van der Waals surface area contributed by atoms with Gasteiger partial charge in [-0.1, -0.05) is 0 Å². The number of halogens is 4. The van der Waals surface area contributed by atoms with Crippen molar-refractivity contribution in [1.82, 2.24) is 4.37 Å². The molecule has 0 amide bonds. The molecular weight excluding hydrogens is 231 g/mol. The number of alkyl halides is 3. The van der Waals surface area contributed by atoms with Gasteiger partial charge in [0.1, 0.15) is 9.48 Å². The number of rotatable bonds is 0. The summed E-state index contributed by atoms with van der Waals surface area (Å²) in [6.07, 6.45) is -4.26. The number of nitrogens with zero attached hydrogens (tertiary/aromatic N) is 1. The number of hydrogen-bond acceptors (Lipinski definition) is 2. The Kier molecular flexibility index (Phi) is 2.00. The van der Waals surface area contributed by atoms with Gasteiger partial charge in [0.05, 0.1) is 0 Å². The highest BCUT2D eigenvalue weighted by atomic mass is 79.9. The van der Waals surface area contributed by atoms with Crippen molar-refractivity contribution in [2.24, 2.45) is 0 Å². The van der Waals surface area contributed by atoms with Crippen molar-refractivity contribution in [3.63, 3.8) is 0 Å². The van der Waals surface area contributed by atoms with E-state index in [4.69, 9.17) is 0 Å². The third-order valence-corrected chi connectivity index (χ3v) is 2.24. The van der Waals surface area contributed by atoms with Crippen LogP contribution in [0.1, 0.15) is 4.88 Å². The molecule has 0 saturated carbocycles. The molecule has 0 bridgehead atoms. The lowest BCUT2D eigenvalue weighted by molar-refractivity contribution is -0.134. The van der Waals surface area contributed by atoms with Crippen LogP contribution in [0.2, 0.25) is 0 Å². The van der Waals surface area contributed by atoms with Gasteiger partial charge in [0.15, 0.2) is 0 Å². The zero-order valence-electron chi connectivity index (χ0n) is 4.44. The van der Waals surface area contributed by atoms with Crippen molar-refractivity contribution in [2.45, 2.75) is 6.18 Å². The van der Waals surface area contributed by atoms with Gasteiger partial charge in [-0.15, -0.1) is 0 Å². The van der Waals surface area contributed by atoms with E-state index >= 15 is 0 Å². The number of aromatic nitrogens is 1. The first kappa shape index (κ1) is 8.00. The highest BCUT2D eigenvalue weighted by Gasteiger charge is 2.32. The Morgan fingerprint density at radius 3 is 2.30 bits per heavy atom. The van der Waals surface area contributed by atoms with Gasteiger partial charge in [0.2, 0.25) is 0 Å². The molecular formula is C4HBrF3NS. The quantitative estimate of drug-likeness (QED) is 0.670. The lowest BCUT2D eigenvalue weighted by atomic mass is 10.5. The lowest BCUT2D eigenvalue weighted by Gasteiger charge is -1.98. The smallest absolute Gasteiger partial charge is 0.185 e. The minimum Gasteiger partial charge on any atom is -0.185 e. The Hall–Kier alpha value is -0.100. The molecule has 0 atom stereocenters. The van der Waals surface area contributed by atoms with Gasteiger partial charge in [0, 0.05) is 0 Å². The van der Waals surface area contributed by atoms with E-state index in [2.05, 4.69) is 20.3 Å². The second-order valence-corrected chi connectivity index (χ2v) is 3.13. The third-order valence-electron chi connectivity index (χ3n) is 0.761. The Bertz CT molecular complexity index is 231. The number of hydrogen-bond donors (Lipinski definition) is 0. The van der Waals surface area contributed by atoms with Gasteiger partial charge in [-0.3, -0.25) is 0 Å². The van der Waals surface area contributed by atoms with Crippen LogP contribution in [-0.4, -0.2) is 4.37 Å². The molecule has 6 heteroatoms. The molecule has 0 aliphatic rings. The van der Waals surface area contributed by atoms with Crippen LogP contribution in [0, 0.1) is 0 Å². The normalized spacial score (nSPS) is 12.0. The second-order valence-electron chi connectivity index (χ2n) is 1.51. The van der Waals surface area contributed by atoms with Crippen molar-refractivity contribution < 1.29 is 13.2 Å². The average Bonchev–Trinajstić information content (AvgIpc) is 2.11. The standard InChI is InChI=1S/C4HBrF3NS/c5-3-1-2(10-9-3)4(6,7)8/h1H. The summed E-state index contributed by atoms with van der Waals surface area (Å²) in [5.41, 5.74) is 0. The summed E-state index contributed by atoms with van der Waals surface area (Å²) in [6.45, 7) is 0. The van der Waals surface area contributed by atoms with Crippen LogP contribution in [0.5, 0.6) is 0 Å². The molecule has 1 aromatic rings. The minimum atomic E-state index is -4.26. The molecule has 1 aromatic heterocycles. The maximum Gasteiger partial charge on any atom is 0.427 e. The van der Waals surface area contributed by atoms with Crippen molar-refractivity contribution in [2.75, 3.05) is 0 Å². The first-order valence-electron chi connectivity index (χ1n) is 2.19. The summed E-state index contributed by atoms with van der Waals surface area (Å²) in [4.78, 5) is -0.681. The molecule has 1 heterocycles. The summed E-state index contributed by atoms with van der Waals surface area (Å²) in [7, 11) is 0. The fraction of sp³-hybridized carbons (Fsp3) is 0.250. The zero-order valence-corrected chi connectivity index (χ0v) is 6.85. The van der Waals surface area contributed by atoms with E-state index in [9.17, 15) is 13.2 Å². The van der Waals surface area contributed by atoms with E-state index in [1.807, 2.05) is 0 Å². The summed E-state index contributed by atoms with van der Waals surface area (Å²) in [5.74, 6) is 0. The molecule has 0 fully saturated rings. The molecule has 1 nitrogen and oxygen atoms in total. The zero-order chi connectivity index (χ0) is 7.78. The Labute approximate surface area is 67.2 Å². The monoisotopic (exact) mass is 231 g/mol. The van der Waals surface area contributed by atoms with E-state index in [1.165, 1.54) is 0 Å². The summed E-state index contributed by atoms with van der Waals surface area (Å²) in [6, 6.07) is 0.949. The first-order chi connectivity index (χ1) is 4.50. The SMILES string of the molecule is FC(F)(F)c1cc(Br)ns1. The molecule has 0 spiro atoms. The maximum atomic E-state index is 11.8. The van der Waals surface area contributed by atoms with E-state index in [0.29, 0.717) is 11.5 Å². The fourth-order valence-electron chi connectivity index (χ4n) is 0.387. The summed E-state index contributed by atoms with van der Waals surface area (Å²) in [5, 5.41) is 0. The average molecular weight is 232 g/mol. The molecule has 56 valence electrons. The van der Waals surface area contributed by atoms with Crippen LogP contribution in [0.15, 0.2) is 10.7 Å². The van der Waals surface area contributed by atoms with Crippen LogP contribution in [-0.2, 0) is 6.18 Å². The Morgan fingerprint density at radius 1 is 1.50 bits per heavy atom. The first-order valence-corrected chi connectivity index (χ1v) is 3.76. The lowest BCUT2D eigenvalue weighted by Crippen LogP contribution is -2.00.